The highest BCUT2D eigenvalue weighted by atomic mass is 16.5. The van der Waals surface area contributed by atoms with Gasteiger partial charge in [0.1, 0.15) is 30.1 Å². The Labute approximate surface area is 144 Å². The molecule has 4 rings (SSSR count). The van der Waals surface area contributed by atoms with Crippen LogP contribution in [-0.4, -0.2) is 34.5 Å². The maximum absolute atomic E-state index is 5.94. The average Bonchev–Trinajstić information content (AvgIpc) is 3.25. The summed E-state index contributed by atoms with van der Waals surface area (Å²) in [6, 6.07) is 7.53. The molecule has 0 aliphatic heterocycles. The van der Waals surface area contributed by atoms with Crippen molar-refractivity contribution in [3.8, 4) is 17.3 Å². The summed E-state index contributed by atoms with van der Waals surface area (Å²) < 4.78 is 9.49. The van der Waals surface area contributed by atoms with Gasteiger partial charge in [0, 0.05) is 0 Å². The third-order valence-electron chi connectivity index (χ3n) is 3.70. The smallest absolute Gasteiger partial charge is 0.233 e. The van der Waals surface area contributed by atoms with E-state index in [-0.39, 0.29) is 5.54 Å². The topological polar surface area (TPSA) is 83.5 Å². The molecule has 0 fully saturated rings. The number of benzene rings is 1. The van der Waals surface area contributed by atoms with E-state index in [0.29, 0.717) is 11.6 Å². The third-order valence-corrected chi connectivity index (χ3v) is 3.70. The van der Waals surface area contributed by atoms with Crippen molar-refractivity contribution >= 4 is 11.0 Å². The molecule has 0 aliphatic rings. The molecule has 0 N–H and O–H groups in total. The molecule has 0 saturated carbocycles. The Bertz CT molecular complexity index is 998. The highest BCUT2D eigenvalue weighted by Crippen LogP contribution is 2.29. The predicted molar refractivity (Wildman–Crippen MR) is 91.8 cm³/mol. The maximum Gasteiger partial charge on any atom is 0.233 e. The van der Waals surface area contributed by atoms with Gasteiger partial charge in [-0.15, -0.1) is 0 Å². The summed E-state index contributed by atoms with van der Waals surface area (Å²) in [4.78, 5) is 12.5. The Kier molecular flexibility index (Phi) is 3.45. The normalized spacial score (nSPS) is 11.8. The summed E-state index contributed by atoms with van der Waals surface area (Å²) in [6.45, 7) is 6.22. The highest BCUT2D eigenvalue weighted by molar-refractivity contribution is 5.80. The lowest BCUT2D eigenvalue weighted by molar-refractivity contribution is 0.365. The van der Waals surface area contributed by atoms with Gasteiger partial charge in [-0.25, -0.2) is 24.3 Å². The van der Waals surface area contributed by atoms with E-state index >= 15 is 0 Å². The first kappa shape index (κ1) is 15.3. The Balaban J connectivity index is 1.66. The van der Waals surface area contributed by atoms with Crippen LogP contribution in [0.15, 0.2) is 49.4 Å². The van der Waals surface area contributed by atoms with E-state index in [1.54, 1.807) is 17.2 Å². The third kappa shape index (κ3) is 2.82. The zero-order valence-corrected chi connectivity index (χ0v) is 14.2. The Hall–Kier alpha value is -3.29. The number of aromatic nitrogens is 7. The van der Waals surface area contributed by atoms with Crippen molar-refractivity contribution in [2.75, 3.05) is 0 Å². The second kappa shape index (κ2) is 5.66. The summed E-state index contributed by atoms with van der Waals surface area (Å²) >= 11 is 0. The van der Waals surface area contributed by atoms with Gasteiger partial charge in [-0.05, 0) is 45.0 Å². The fourth-order valence-corrected chi connectivity index (χ4v) is 2.51. The fourth-order valence-electron chi connectivity index (χ4n) is 2.51. The molecule has 3 heterocycles. The van der Waals surface area contributed by atoms with E-state index in [0.717, 1.165) is 16.7 Å². The van der Waals surface area contributed by atoms with E-state index in [2.05, 4.69) is 45.9 Å². The molecule has 8 heteroatoms. The standard InChI is InChI=1S/C17H17N7O/c1-17(2,3)24-15-14(8-21-24)16(20-10-19-15)25-13-6-4-12(5-7-13)23-11-18-9-22-23/h4-11H,1-3H3. The van der Waals surface area contributed by atoms with Crippen molar-refractivity contribution in [3.63, 3.8) is 0 Å². The van der Waals surface area contributed by atoms with Crippen LogP contribution in [0.1, 0.15) is 20.8 Å². The van der Waals surface area contributed by atoms with Crippen molar-refractivity contribution in [1.29, 1.82) is 0 Å². The average molecular weight is 335 g/mol. The van der Waals surface area contributed by atoms with Gasteiger partial charge < -0.3 is 4.74 Å². The molecule has 0 aliphatic carbocycles. The molecule has 126 valence electrons. The molecule has 4 aromatic rings. The first-order valence-corrected chi connectivity index (χ1v) is 7.84. The molecule has 0 spiro atoms. The second-order valence-electron chi connectivity index (χ2n) is 6.58. The van der Waals surface area contributed by atoms with Gasteiger partial charge >= 0.3 is 0 Å². The zero-order valence-electron chi connectivity index (χ0n) is 14.2. The summed E-state index contributed by atoms with van der Waals surface area (Å²) in [7, 11) is 0. The van der Waals surface area contributed by atoms with Crippen molar-refractivity contribution in [3.05, 3.63) is 49.4 Å². The van der Waals surface area contributed by atoms with E-state index < -0.39 is 0 Å². The van der Waals surface area contributed by atoms with Crippen molar-refractivity contribution in [1.82, 2.24) is 34.5 Å². The molecule has 0 radical (unpaired) electrons. The second-order valence-corrected chi connectivity index (χ2v) is 6.58. The zero-order chi connectivity index (χ0) is 17.4. The number of rotatable bonds is 3. The van der Waals surface area contributed by atoms with Crippen LogP contribution in [0.4, 0.5) is 0 Å². The number of ether oxygens (including phenoxy) is 1. The maximum atomic E-state index is 5.94. The van der Waals surface area contributed by atoms with E-state index in [1.165, 1.54) is 12.7 Å². The van der Waals surface area contributed by atoms with Gasteiger partial charge in [0.05, 0.1) is 17.4 Å². The lowest BCUT2D eigenvalue weighted by Crippen LogP contribution is -2.23. The summed E-state index contributed by atoms with van der Waals surface area (Å²) in [5.74, 6) is 1.15. The summed E-state index contributed by atoms with van der Waals surface area (Å²) in [5, 5.41) is 9.31. The monoisotopic (exact) mass is 335 g/mol. The molecule has 0 atom stereocenters. The number of nitrogens with zero attached hydrogens (tertiary/aromatic N) is 7. The first-order chi connectivity index (χ1) is 12.0. The van der Waals surface area contributed by atoms with Crippen LogP contribution in [0.5, 0.6) is 11.6 Å². The molecule has 0 bridgehead atoms. The minimum absolute atomic E-state index is 0.174. The number of hydrogen-bond donors (Lipinski definition) is 0. The van der Waals surface area contributed by atoms with Crippen molar-refractivity contribution in [2.45, 2.75) is 26.3 Å². The Morgan fingerprint density at radius 1 is 0.960 bits per heavy atom. The molecule has 8 nitrogen and oxygen atoms in total. The van der Waals surface area contributed by atoms with E-state index in [4.69, 9.17) is 4.74 Å². The lowest BCUT2D eigenvalue weighted by Gasteiger charge is -2.19. The molecule has 1 aromatic carbocycles. The van der Waals surface area contributed by atoms with Crippen LogP contribution in [0.2, 0.25) is 0 Å². The summed E-state index contributed by atoms with van der Waals surface area (Å²) in [5.41, 5.74) is 1.47. The van der Waals surface area contributed by atoms with Gasteiger partial charge in [-0.2, -0.15) is 10.2 Å². The predicted octanol–water partition coefficient (Wildman–Crippen LogP) is 2.95. The molecular weight excluding hydrogens is 318 g/mol. The molecular formula is C17H17N7O. The van der Waals surface area contributed by atoms with Crippen LogP contribution in [-0.2, 0) is 5.54 Å². The van der Waals surface area contributed by atoms with Gasteiger partial charge in [0.25, 0.3) is 0 Å². The quantitative estimate of drug-likeness (QED) is 0.572. The van der Waals surface area contributed by atoms with Gasteiger partial charge in [-0.1, -0.05) is 0 Å². The molecule has 0 amide bonds. The van der Waals surface area contributed by atoms with Crippen LogP contribution >= 0.6 is 0 Å². The SMILES string of the molecule is CC(C)(C)n1ncc2c(Oc3ccc(-n4cncn4)cc3)ncnc21. The Morgan fingerprint density at radius 2 is 1.76 bits per heavy atom. The fraction of sp³-hybridized carbons (Fsp3) is 0.235. The molecule has 25 heavy (non-hydrogen) atoms. The highest BCUT2D eigenvalue weighted by Gasteiger charge is 2.20. The Morgan fingerprint density at radius 3 is 2.44 bits per heavy atom. The van der Waals surface area contributed by atoms with Gasteiger partial charge in [-0.3, -0.25) is 0 Å². The van der Waals surface area contributed by atoms with E-state index in [1.807, 2.05) is 28.9 Å². The number of fused-ring (bicyclic) bond motifs is 1. The van der Waals surface area contributed by atoms with E-state index in [9.17, 15) is 0 Å². The van der Waals surface area contributed by atoms with Gasteiger partial charge in [0.2, 0.25) is 5.88 Å². The lowest BCUT2D eigenvalue weighted by atomic mass is 10.1. The van der Waals surface area contributed by atoms with Crippen molar-refractivity contribution < 1.29 is 4.74 Å². The van der Waals surface area contributed by atoms with Gasteiger partial charge in [0.15, 0.2) is 5.65 Å². The first-order valence-electron chi connectivity index (χ1n) is 7.84. The van der Waals surface area contributed by atoms with Crippen LogP contribution in [0.3, 0.4) is 0 Å². The largest absolute Gasteiger partial charge is 0.438 e. The van der Waals surface area contributed by atoms with Crippen molar-refractivity contribution in [2.24, 2.45) is 0 Å². The number of hydrogen-bond acceptors (Lipinski definition) is 6. The minimum atomic E-state index is -0.174. The van der Waals surface area contributed by atoms with Crippen LogP contribution in [0.25, 0.3) is 16.7 Å². The summed E-state index contributed by atoms with van der Waals surface area (Å²) in [6.07, 6.45) is 6.37. The van der Waals surface area contributed by atoms with Crippen LogP contribution < -0.4 is 4.74 Å². The molecule has 0 saturated heterocycles. The molecule has 3 aromatic heterocycles. The minimum Gasteiger partial charge on any atom is -0.438 e. The van der Waals surface area contributed by atoms with Crippen LogP contribution in [0, 0.1) is 0 Å². The molecule has 0 unspecified atom stereocenters.